The fourth-order valence-corrected chi connectivity index (χ4v) is 2.10. The van der Waals surface area contributed by atoms with Crippen LogP contribution in [0.3, 0.4) is 0 Å². The monoisotopic (exact) mass is 210 g/mol. The lowest BCUT2D eigenvalue weighted by atomic mass is 9.86. The van der Waals surface area contributed by atoms with Crippen LogP contribution in [-0.4, -0.2) is 28.2 Å². The number of aliphatic hydroxyl groups excluding tert-OH is 1. The maximum Gasteiger partial charge on any atom is 0.251 e. The molecule has 1 heterocycles. The number of allylic oxidation sites excluding steroid dienone is 1. The number of hydrazine groups is 1. The molecule has 0 radical (unpaired) electrons. The molecule has 15 heavy (non-hydrogen) atoms. The van der Waals surface area contributed by atoms with Crippen molar-refractivity contribution in [2.45, 2.75) is 26.0 Å². The van der Waals surface area contributed by atoms with E-state index in [2.05, 4.69) is 5.43 Å². The van der Waals surface area contributed by atoms with E-state index in [1.165, 1.54) is 6.92 Å². The number of hydrogen-bond acceptors (Lipinski definition) is 4. The second kappa shape index (κ2) is 3.75. The number of fused-ring (bicyclic) bond motifs is 1. The summed E-state index contributed by atoms with van der Waals surface area (Å²) in [6.07, 6.45) is 4.37. The third-order valence-corrected chi connectivity index (χ3v) is 2.78. The van der Waals surface area contributed by atoms with Crippen molar-refractivity contribution in [2.75, 3.05) is 0 Å². The quantitative estimate of drug-likeness (QED) is 0.375. The predicted molar refractivity (Wildman–Crippen MR) is 52.0 cm³/mol. The minimum Gasteiger partial charge on any atom is -0.377 e. The molecule has 1 saturated heterocycles. The fraction of sp³-hybridized carbons (Fsp3) is 0.600. The molecule has 3 atom stereocenters. The molecule has 1 aliphatic heterocycles. The maximum atomic E-state index is 11.8. The SMILES string of the molecule is CC(O)NN1C(=O)C2C=CCCC2C1=O. The smallest absolute Gasteiger partial charge is 0.251 e. The van der Waals surface area contributed by atoms with Gasteiger partial charge in [-0.3, -0.25) is 9.59 Å². The molecule has 0 bridgehead atoms. The van der Waals surface area contributed by atoms with Gasteiger partial charge in [0.2, 0.25) is 5.91 Å². The standard InChI is InChI=1S/C10H14N2O3/c1-6(13)11-12-9(14)7-4-2-3-5-8(7)10(12)15/h2,4,6-8,11,13H,3,5H2,1H3. The Morgan fingerprint density at radius 2 is 2.27 bits per heavy atom. The van der Waals surface area contributed by atoms with Crippen LogP contribution in [0.25, 0.3) is 0 Å². The molecule has 2 aliphatic rings. The van der Waals surface area contributed by atoms with Crippen LogP contribution in [0.2, 0.25) is 0 Å². The first-order valence-corrected chi connectivity index (χ1v) is 5.10. The molecule has 0 aromatic carbocycles. The lowest BCUT2D eigenvalue weighted by Gasteiger charge is -2.17. The van der Waals surface area contributed by atoms with Crippen LogP contribution in [-0.2, 0) is 9.59 Å². The first-order chi connectivity index (χ1) is 7.11. The summed E-state index contributed by atoms with van der Waals surface area (Å²) in [5, 5.41) is 10.1. The zero-order valence-electron chi connectivity index (χ0n) is 8.51. The number of carbonyl (C=O) groups is 2. The molecular formula is C10H14N2O3. The molecule has 0 aromatic heterocycles. The van der Waals surface area contributed by atoms with Gasteiger partial charge in [-0.05, 0) is 19.8 Å². The molecular weight excluding hydrogens is 196 g/mol. The number of nitrogens with zero attached hydrogens (tertiary/aromatic N) is 1. The third-order valence-electron chi connectivity index (χ3n) is 2.78. The van der Waals surface area contributed by atoms with Gasteiger partial charge in [0.05, 0.1) is 11.8 Å². The van der Waals surface area contributed by atoms with E-state index in [-0.39, 0.29) is 23.7 Å². The van der Waals surface area contributed by atoms with E-state index in [1.54, 1.807) is 6.08 Å². The van der Waals surface area contributed by atoms with Crippen molar-refractivity contribution < 1.29 is 14.7 Å². The van der Waals surface area contributed by atoms with Gasteiger partial charge < -0.3 is 5.11 Å². The van der Waals surface area contributed by atoms with E-state index in [9.17, 15) is 9.59 Å². The summed E-state index contributed by atoms with van der Waals surface area (Å²) in [7, 11) is 0. The number of carbonyl (C=O) groups excluding carboxylic acids is 2. The molecule has 3 unspecified atom stereocenters. The van der Waals surface area contributed by atoms with E-state index in [0.29, 0.717) is 6.42 Å². The normalized spacial score (nSPS) is 32.0. The zero-order valence-corrected chi connectivity index (χ0v) is 8.51. The van der Waals surface area contributed by atoms with E-state index in [0.717, 1.165) is 11.4 Å². The van der Waals surface area contributed by atoms with Crippen LogP contribution in [0.15, 0.2) is 12.2 Å². The number of rotatable bonds is 2. The lowest BCUT2D eigenvalue weighted by Crippen LogP contribution is -2.47. The average molecular weight is 210 g/mol. The Morgan fingerprint density at radius 3 is 2.87 bits per heavy atom. The first-order valence-electron chi connectivity index (χ1n) is 5.10. The number of imide groups is 1. The molecule has 1 aliphatic carbocycles. The minimum absolute atomic E-state index is 0.227. The van der Waals surface area contributed by atoms with Crippen LogP contribution >= 0.6 is 0 Å². The van der Waals surface area contributed by atoms with Gasteiger partial charge in [-0.15, -0.1) is 0 Å². The fourth-order valence-electron chi connectivity index (χ4n) is 2.10. The summed E-state index contributed by atoms with van der Waals surface area (Å²) < 4.78 is 0. The van der Waals surface area contributed by atoms with Crippen molar-refractivity contribution in [2.24, 2.45) is 11.8 Å². The summed E-state index contributed by atoms with van der Waals surface area (Å²) in [5.41, 5.74) is 2.45. The summed E-state index contributed by atoms with van der Waals surface area (Å²) in [6.45, 7) is 1.47. The van der Waals surface area contributed by atoms with E-state index in [4.69, 9.17) is 5.11 Å². The van der Waals surface area contributed by atoms with Crippen LogP contribution in [0.4, 0.5) is 0 Å². The molecule has 0 aromatic rings. The summed E-state index contributed by atoms with van der Waals surface area (Å²) in [4.78, 5) is 23.5. The Labute approximate surface area is 87.7 Å². The number of aliphatic hydroxyl groups is 1. The second-order valence-electron chi connectivity index (χ2n) is 3.95. The summed E-state index contributed by atoms with van der Waals surface area (Å²) in [5.74, 6) is -1.07. The lowest BCUT2D eigenvalue weighted by molar-refractivity contribution is -0.147. The van der Waals surface area contributed by atoms with Crippen LogP contribution in [0.5, 0.6) is 0 Å². The Morgan fingerprint density at radius 1 is 1.53 bits per heavy atom. The van der Waals surface area contributed by atoms with E-state index in [1.807, 2.05) is 6.08 Å². The van der Waals surface area contributed by atoms with E-state index < -0.39 is 6.23 Å². The third kappa shape index (κ3) is 1.68. The Balaban J connectivity index is 2.19. The summed E-state index contributed by atoms with van der Waals surface area (Å²) >= 11 is 0. The predicted octanol–water partition coefficient (Wildman–Crippen LogP) is -0.220. The molecule has 0 spiro atoms. The highest BCUT2D eigenvalue weighted by atomic mass is 16.3. The molecule has 2 amide bonds. The van der Waals surface area contributed by atoms with Gasteiger partial charge in [-0.25, -0.2) is 5.01 Å². The number of nitrogens with one attached hydrogen (secondary N) is 1. The topological polar surface area (TPSA) is 69.6 Å². The Kier molecular flexibility index (Phi) is 2.58. The van der Waals surface area contributed by atoms with Crippen LogP contribution in [0.1, 0.15) is 19.8 Å². The molecule has 2 N–H and O–H groups in total. The van der Waals surface area contributed by atoms with Gasteiger partial charge in [0, 0.05) is 0 Å². The average Bonchev–Trinajstić information content (AvgIpc) is 2.44. The van der Waals surface area contributed by atoms with Crippen molar-refractivity contribution in [1.29, 1.82) is 0 Å². The van der Waals surface area contributed by atoms with Crippen LogP contribution < -0.4 is 5.43 Å². The maximum absolute atomic E-state index is 11.8. The van der Waals surface area contributed by atoms with Gasteiger partial charge in [0.15, 0.2) is 0 Å². The van der Waals surface area contributed by atoms with Crippen molar-refractivity contribution in [3.63, 3.8) is 0 Å². The Hall–Kier alpha value is -1.20. The van der Waals surface area contributed by atoms with E-state index >= 15 is 0 Å². The second-order valence-corrected chi connectivity index (χ2v) is 3.95. The van der Waals surface area contributed by atoms with Crippen molar-refractivity contribution in [3.8, 4) is 0 Å². The Bertz CT molecular complexity index is 325. The van der Waals surface area contributed by atoms with Gasteiger partial charge in [0.1, 0.15) is 6.23 Å². The van der Waals surface area contributed by atoms with Crippen molar-refractivity contribution >= 4 is 11.8 Å². The highest BCUT2D eigenvalue weighted by Crippen LogP contribution is 2.33. The van der Waals surface area contributed by atoms with Gasteiger partial charge in [-0.2, -0.15) is 5.43 Å². The number of amides is 2. The highest BCUT2D eigenvalue weighted by Gasteiger charge is 2.47. The molecule has 0 saturated carbocycles. The van der Waals surface area contributed by atoms with Crippen LogP contribution in [0, 0.1) is 11.8 Å². The molecule has 5 nitrogen and oxygen atoms in total. The molecule has 82 valence electrons. The summed E-state index contributed by atoms with van der Waals surface area (Å²) in [6, 6.07) is 0. The van der Waals surface area contributed by atoms with Crippen molar-refractivity contribution in [1.82, 2.24) is 10.4 Å². The first kappa shape index (κ1) is 10.3. The molecule has 5 heteroatoms. The van der Waals surface area contributed by atoms with Crippen molar-refractivity contribution in [3.05, 3.63) is 12.2 Å². The largest absolute Gasteiger partial charge is 0.377 e. The van der Waals surface area contributed by atoms with Gasteiger partial charge >= 0.3 is 0 Å². The minimum atomic E-state index is -0.901. The van der Waals surface area contributed by atoms with Gasteiger partial charge in [0.25, 0.3) is 5.91 Å². The molecule has 2 rings (SSSR count). The van der Waals surface area contributed by atoms with Gasteiger partial charge in [-0.1, -0.05) is 12.2 Å². The number of hydrogen-bond donors (Lipinski definition) is 2. The zero-order chi connectivity index (χ0) is 11.0. The highest BCUT2D eigenvalue weighted by molar-refractivity contribution is 6.05. The molecule has 1 fully saturated rings.